The highest BCUT2D eigenvalue weighted by atomic mass is 16.2. The zero-order valence-electron chi connectivity index (χ0n) is 16.6. The highest BCUT2D eigenvalue weighted by Gasteiger charge is 2.27. The highest BCUT2D eigenvalue weighted by molar-refractivity contribution is 5.97. The van der Waals surface area contributed by atoms with Crippen LogP contribution >= 0.6 is 0 Å². The normalized spacial score (nSPS) is 20.4. The number of nitrogens with zero attached hydrogens (tertiary/aromatic N) is 3. The van der Waals surface area contributed by atoms with E-state index in [9.17, 15) is 9.59 Å². The fourth-order valence-electron chi connectivity index (χ4n) is 4.01. The Morgan fingerprint density at radius 2 is 2.21 bits per heavy atom. The maximum Gasteiger partial charge on any atom is 0.246 e. The van der Waals surface area contributed by atoms with Crippen LogP contribution in [0, 0.1) is 0 Å². The molecule has 0 spiro atoms. The number of carbonyl (C=O) groups is 2. The first-order valence-corrected chi connectivity index (χ1v) is 9.71. The van der Waals surface area contributed by atoms with Gasteiger partial charge in [0.15, 0.2) is 0 Å². The molecule has 0 radical (unpaired) electrons. The predicted octanol–water partition coefficient (Wildman–Crippen LogP) is 1.61. The van der Waals surface area contributed by atoms with Gasteiger partial charge in [0.05, 0.1) is 6.04 Å². The molecule has 2 aliphatic heterocycles. The summed E-state index contributed by atoms with van der Waals surface area (Å²) in [5, 5.41) is 2.69. The molecule has 0 saturated heterocycles. The van der Waals surface area contributed by atoms with Crippen molar-refractivity contribution < 1.29 is 9.59 Å². The van der Waals surface area contributed by atoms with Gasteiger partial charge in [-0.2, -0.15) is 0 Å². The summed E-state index contributed by atoms with van der Waals surface area (Å²) in [6.45, 7) is 1.56. The number of nitrogens with two attached hydrogens (primary N) is 1. The molecule has 0 saturated carbocycles. The summed E-state index contributed by atoms with van der Waals surface area (Å²) in [5.74, 6) is 0.569. The maximum atomic E-state index is 12.6. The molecule has 4 rings (SSSR count). The summed E-state index contributed by atoms with van der Waals surface area (Å²) in [7, 11) is 3.91. The van der Waals surface area contributed by atoms with Crippen LogP contribution in [-0.4, -0.2) is 54.9 Å². The van der Waals surface area contributed by atoms with Crippen molar-refractivity contribution in [3.8, 4) is 0 Å². The number of benzene rings is 1. The number of pyridine rings is 1. The van der Waals surface area contributed by atoms with Gasteiger partial charge in [0.2, 0.25) is 11.8 Å². The van der Waals surface area contributed by atoms with Crippen molar-refractivity contribution in [3.05, 3.63) is 59.3 Å². The van der Waals surface area contributed by atoms with E-state index in [4.69, 9.17) is 5.73 Å². The molecule has 0 fully saturated rings. The van der Waals surface area contributed by atoms with Gasteiger partial charge < -0.3 is 20.9 Å². The molecule has 0 aliphatic carbocycles. The molecule has 3 heterocycles. The lowest BCUT2D eigenvalue weighted by Crippen LogP contribution is -2.41. The number of likely N-dealkylation sites (N-methyl/N-ethyl adjacent to an activating group) is 2. The SMILES string of the molecule is CN(CC1CN(C)c2ccccc21)C(=O)/C=C/c1cnc2c(c1)CC(N)C(=O)N2. The molecule has 2 amide bonds. The average molecular weight is 391 g/mol. The van der Waals surface area contributed by atoms with Gasteiger partial charge in [0, 0.05) is 57.5 Å². The lowest BCUT2D eigenvalue weighted by molar-refractivity contribution is -0.125. The highest BCUT2D eigenvalue weighted by Crippen LogP contribution is 2.35. The molecule has 0 bridgehead atoms. The van der Waals surface area contributed by atoms with E-state index in [-0.39, 0.29) is 11.8 Å². The lowest BCUT2D eigenvalue weighted by atomic mass is 10.0. The van der Waals surface area contributed by atoms with Crippen molar-refractivity contribution in [2.24, 2.45) is 5.73 Å². The fourth-order valence-corrected chi connectivity index (χ4v) is 4.01. The van der Waals surface area contributed by atoms with E-state index in [0.717, 1.165) is 17.7 Å². The van der Waals surface area contributed by atoms with Gasteiger partial charge in [0.25, 0.3) is 0 Å². The fraction of sp³-hybridized carbons (Fsp3) is 0.318. The van der Waals surface area contributed by atoms with E-state index in [0.29, 0.717) is 24.7 Å². The Bertz CT molecular complexity index is 987. The van der Waals surface area contributed by atoms with Gasteiger partial charge in [-0.3, -0.25) is 9.59 Å². The number of nitrogens with one attached hydrogen (secondary N) is 1. The smallest absolute Gasteiger partial charge is 0.246 e. The van der Waals surface area contributed by atoms with Crippen LogP contribution in [0.3, 0.4) is 0 Å². The number of hydrogen-bond acceptors (Lipinski definition) is 5. The van der Waals surface area contributed by atoms with Gasteiger partial charge in [-0.05, 0) is 34.9 Å². The minimum atomic E-state index is -0.566. The molecule has 2 aromatic rings. The molecule has 7 heteroatoms. The predicted molar refractivity (Wildman–Crippen MR) is 114 cm³/mol. The Balaban J connectivity index is 1.41. The first kappa shape index (κ1) is 19.1. The Kier molecular flexibility index (Phi) is 5.07. The summed E-state index contributed by atoms with van der Waals surface area (Å²) in [6.07, 6.45) is 5.40. The first-order chi connectivity index (χ1) is 13.9. The molecule has 150 valence electrons. The summed E-state index contributed by atoms with van der Waals surface area (Å²) in [5.41, 5.74) is 10.0. The van der Waals surface area contributed by atoms with E-state index in [2.05, 4.69) is 34.4 Å². The number of para-hydroxylation sites is 1. The molecule has 1 aromatic carbocycles. The third-order valence-electron chi connectivity index (χ3n) is 5.58. The Hall–Kier alpha value is -3.19. The zero-order valence-corrected chi connectivity index (χ0v) is 16.6. The van der Waals surface area contributed by atoms with Crippen molar-refractivity contribution in [3.63, 3.8) is 0 Å². The topological polar surface area (TPSA) is 91.6 Å². The van der Waals surface area contributed by atoms with Gasteiger partial charge in [0.1, 0.15) is 5.82 Å². The number of aromatic nitrogens is 1. The van der Waals surface area contributed by atoms with Crippen LogP contribution in [0.25, 0.3) is 6.08 Å². The second-order valence-electron chi connectivity index (χ2n) is 7.76. The summed E-state index contributed by atoms with van der Waals surface area (Å²) in [4.78, 5) is 32.5. The second-order valence-corrected chi connectivity index (χ2v) is 7.76. The number of hydrogen-bond donors (Lipinski definition) is 2. The van der Waals surface area contributed by atoms with Crippen LogP contribution < -0.4 is 16.0 Å². The van der Waals surface area contributed by atoms with Crippen LogP contribution in [0.4, 0.5) is 11.5 Å². The van der Waals surface area contributed by atoms with Crippen LogP contribution in [0.1, 0.15) is 22.6 Å². The monoisotopic (exact) mass is 391 g/mol. The van der Waals surface area contributed by atoms with E-state index in [1.165, 1.54) is 11.3 Å². The van der Waals surface area contributed by atoms with E-state index < -0.39 is 6.04 Å². The standard InChI is InChI=1S/C22H25N5O2/c1-26-12-16(17-5-3-4-6-19(17)26)13-27(2)20(28)8-7-14-9-15-10-18(23)22(29)25-21(15)24-11-14/h3-9,11,16,18H,10,12-13,23H2,1-2H3,(H,24,25,29)/b8-7+. The quantitative estimate of drug-likeness (QED) is 0.773. The van der Waals surface area contributed by atoms with E-state index >= 15 is 0 Å². The first-order valence-electron chi connectivity index (χ1n) is 9.71. The zero-order chi connectivity index (χ0) is 20.5. The van der Waals surface area contributed by atoms with Gasteiger partial charge in [-0.1, -0.05) is 18.2 Å². The minimum absolute atomic E-state index is 0.0558. The molecule has 2 unspecified atom stereocenters. The van der Waals surface area contributed by atoms with Crippen molar-refractivity contribution in [1.82, 2.24) is 9.88 Å². The van der Waals surface area contributed by atoms with E-state index in [1.54, 1.807) is 23.2 Å². The molecule has 2 atom stereocenters. The molecule has 29 heavy (non-hydrogen) atoms. The number of anilines is 2. The van der Waals surface area contributed by atoms with Crippen molar-refractivity contribution in [2.75, 3.05) is 37.4 Å². The largest absolute Gasteiger partial charge is 0.374 e. The Morgan fingerprint density at radius 1 is 1.41 bits per heavy atom. The molecule has 3 N–H and O–H groups in total. The molecule has 2 aliphatic rings. The summed E-state index contributed by atoms with van der Waals surface area (Å²) >= 11 is 0. The molecule has 1 aromatic heterocycles. The Labute approximate surface area is 170 Å². The van der Waals surface area contributed by atoms with Crippen LogP contribution in [-0.2, 0) is 16.0 Å². The summed E-state index contributed by atoms with van der Waals surface area (Å²) in [6, 6.07) is 9.69. The summed E-state index contributed by atoms with van der Waals surface area (Å²) < 4.78 is 0. The van der Waals surface area contributed by atoms with Gasteiger partial charge >= 0.3 is 0 Å². The average Bonchev–Trinajstić information content (AvgIpc) is 3.02. The second kappa shape index (κ2) is 7.67. The molecular weight excluding hydrogens is 366 g/mol. The lowest BCUT2D eigenvalue weighted by Gasteiger charge is -2.21. The third-order valence-corrected chi connectivity index (χ3v) is 5.58. The number of carbonyl (C=O) groups excluding carboxylic acids is 2. The van der Waals surface area contributed by atoms with Gasteiger partial charge in [-0.25, -0.2) is 4.98 Å². The van der Waals surface area contributed by atoms with Crippen LogP contribution in [0.5, 0.6) is 0 Å². The van der Waals surface area contributed by atoms with Crippen LogP contribution in [0.2, 0.25) is 0 Å². The van der Waals surface area contributed by atoms with Crippen molar-refractivity contribution in [1.29, 1.82) is 0 Å². The molecular formula is C22H25N5O2. The number of rotatable bonds is 4. The number of amides is 2. The minimum Gasteiger partial charge on any atom is -0.374 e. The number of fused-ring (bicyclic) bond motifs is 2. The van der Waals surface area contributed by atoms with E-state index in [1.807, 2.05) is 25.2 Å². The third kappa shape index (κ3) is 3.86. The van der Waals surface area contributed by atoms with Crippen molar-refractivity contribution >= 4 is 29.4 Å². The van der Waals surface area contributed by atoms with Gasteiger partial charge in [-0.15, -0.1) is 0 Å². The molecule has 7 nitrogen and oxygen atoms in total. The maximum absolute atomic E-state index is 12.6. The van der Waals surface area contributed by atoms with Crippen LogP contribution in [0.15, 0.2) is 42.6 Å². The Morgan fingerprint density at radius 3 is 3.03 bits per heavy atom. The van der Waals surface area contributed by atoms with Crippen molar-refractivity contribution in [2.45, 2.75) is 18.4 Å².